The Morgan fingerprint density at radius 3 is 3.05 bits per heavy atom. The van der Waals surface area contributed by atoms with Crippen LogP contribution in [0.4, 0.5) is 5.69 Å². The van der Waals surface area contributed by atoms with Gasteiger partial charge in [0.05, 0.1) is 12.5 Å². The molecule has 0 unspecified atom stereocenters. The van der Waals surface area contributed by atoms with Gasteiger partial charge in [-0.15, -0.1) is 0 Å². The number of carbonyl (C=O) groups excluding carboxylic acids is 1. The molecule has 0 aromatic heterocycles. The van der Waals surface area contributed by atoms with Crippen molar-refractivity contribution >= 4 is 28.9 Å². The van der Waals surface area contributed by atoms with E-state index in [4.69, 9.17) is 12.2 Å². The van der Waals surface area contributed by atoms with E-state index in [9.17, 15) is 4.79 Å². The van der Waals surface area contributed by atoms with Gasteiger partial charge in [0.25, 0.3) is 0 Å². The molecule has 102 valence electrons. The predicted molar refractivity (Wildman–Crippen MR) is 81.2 cm³/mol. The maximum atomic E-state index is 11.3. The molecule has 0 aliphatic carbocycles. The van der Waals surface area contributed by atoms with E-state index in [0.29, 0.717) is 11.5 Å². The van der Waals surface area contributed by atoms with Crippen molar-refractivity contribution in [1.29, 1.82) is 0 Å². The Labute approximate surface area is 119 Å². The van der Waals surface area contributed by atoms with Crippen LogP contribution in [0.5, 0.6) is 0 Å². The van der Waals surface area contributed by atoms with Crippen molar-refractivity contribution < 1.29 is 4.79 Å². The molecule has 0 spiro atoms. The van der Waals surface area contributed by atoms with Gasteiger partial charge in [0.2, 0.25) is 5.91 Å². The highest BCUT2D eigenvalue weighted by Gasteiger charge is 2.18. The van der Waals surface area contributed by atoms with Crippen molar-refractivity contribution in [2.24, 2.45) is 0 Å². The Morgan fingerprint density at radius 2 is 2.32 bits per heavy atom. The zero-order chi connectivity index (χ0) is 13.8. The SMILES string of the molecule is CCCNC(=S)N[C@H](C)c1ccc2c(c1)CC(=O)N2. The molecule has 4 nitrogen and oxygen atoms in total. The van der Waals surface area contributed by atoms with Gasteiger partial charge >= 0.3 is 0 Å². The molecule has 2 rings (SSSR count). The van der Waals surface area contributed by atoms with Crippen LogP contribution in [0.25, 0.3) is 0 Å². The maximum absolute atomic E-state index is 11.3. The number of amides is 1. The van der Waals surface area contributed by atoms with E-state index in [2.05, 4.69) is 35.9 Å². The molecule has 0 saturated carbocycles. The molecule has 0 radical (unpaired) electrons. The van der Waals surface area contributed by atoms with E-state index in [0.717, 1.165) is 29.8 Å². The largest absolute Gasteiger partial charge is 0.363 e. The molecular weight excluding hydrogens is 258 g/mol. The molecule has 1 aromatic carbocycles. The van der Waals surface area contributed by atoms with Crippen LogP contribution in [-0.2, 0) is 11.2 Å². The Morgan fingerprint density at radius 1 is 1.53 bits per heavy atom. The summed E-state index contributed by atoms with van der Waals surface area (Å²) in [4.78, 5) is 11.3. The van der Waals surface area contributed by atoms with Gasteiger partial charge in [-0.3, -0.25) is 4.79 Å². The smallest absolute Gasteiger partial charge is 0.228 e. The highest BCUT2D eigenvalue weighted by atomic mass is 32.1. The third-order valence-electron chi connectivity index (χ3n) is 3.14. The average molecular weight is 277 g/mol. The van der Waals surface area contributed by atoms with Crippen molar-refractivity contribution in [3.05, 3.63) is 29.3 Å². The molecule has 19 heavy (non-hydrogen) atoms. The Bertz CT molecular complexity index is 501. The van der Waals surface area contributed by atoms with Crippen molar-refractivity contribution in [2.45, 2.75) is 32.7 Å². The van der Waals surface area contributed by atoms with Gasteiger partial charge in [0.1, 0.15) is 0 Å². The Balaban J connectivity index is 2.00. The standard InChI is InChI=1S/C14H19N3OS/c1-3-6-15-14(19)16-9(2)10-4-5-12-11(7-10)8-13(18)17-12/h4-5,7,9H,3,6,8H2,1-2H3,(H,17,18)(H2,15,16,19)/t9-/m1/s1. The lowest BCUT2D eigenvalue weighted by molar-refractivity contribution is -0.115. The molecule has 1 amide bonds. The number of fused-ring (bicyclic) bond motifs is 1. The predicted octanol–water partition coefficient (Wildman–Crippen LogP) is 2.12. The molecule has 1 atom stereocenters. The van der Waals surface area contributed by atoms with E-state index >= 15 is 0 Å². The average Bonchev–Trinajstić information content (AvgIpc) is 2.75. The number of thiocarbonyl (C=S) groups is 1. The van der Waals surface area contributed by atoms with Crippen LogP contribution in [-0.4, -0.2) is 17.6 Å². The van der Waals surface area contributed by atoms with Crippen molar-refractivity contribution in [2.75, 3.05) is 11.9 Å². The minimum Gasteiger partial charge on any atom is -0.363 e. The van der Waals surface area contributed by atoms with Gasteiger partial charge in [-0.05, 0) is 42.8 Å². The first-order valence-electron chi connectivity index (χ1n) is 6.57. The van der Waals surface area contributed by atoms with Gasteiger partial charge in [-0.1, -0.05) is 19.1 Å². The van der Waals surface area contributed by atoms with Crippen LogP contribution >= 0.6 is 12.2 Å². The first kappa shape index (κ1) is 13.8. The van der Waals surface area contributed by atoms with E-state index in [1.165, 1.54) is 0 Å². The van der Waals surface area contributed by atoms with E-state index < -0.39 is 0 Å². The van der Waals surface area contributed by atoms with E-state index in [-0.39, 0.29) is 11.9 Å². The molecule has 3 N–H and O–H groups in total. The number of benzene rings is 1. The van der Waals surface area contributed by atoms with Crippen molar-refractivity contribution in [1.82, 2.24) is 10.6 Å². The van der Waals surface area contributed by atoms with Crippen LogP contribution < -0.4 is 16.0 Å². The number of rotatable bonds is 4. The summed E-state index contributed by atoms with van der Waals surface area (Å²) < 4.78 is 0. The summed E-state index contributed by atoms with van der Waals surface area (Å²) >= 11 is 5.23. The molecule has 1 aromatic rings. The van der Waals surface area contributed by atoms with Gasteiger partial charge in [-0.25, -0.2) is 0 Å². The minimum absolute atomic E-state index is 0.0629. The van der Waals surface area contributed by atoms with E-state index in [1.807, 2.05) is 12.1 Å². The van der Waals surface area contributed by atoms with Crippen LogP contribution in [0.2, 0.25) is 0 Å². The van der Waals surface area contributed by atoms with Crippen molar-refractivity contribution in [3.8, 4) is 0 Å². The quantitative estimate of drug-likeness (QED) is 0.738. The summed E-state index contributed by atoms with van der Waals surface area (Å²) in [6.45, 7) is 5.04. The number of hydrogen-bond donors (Lipinski definition) is 3. The third-order valence-corrected chi connectivity index (χ3v) is 3.40. The van der Waals surface area contributed by atoms with Gasteiger partial charge in [-0.2, -0.15) is 0 Å². The van der Waals surface area contributed by atoms with Crippen LogP contribution in [0.3, 0.4) is 0 Å². The lowest BCUT2D eigenvalue weighted by atomic mass is 10.0. The summed E-state index contributed by atoms with van der Waals surface area (Å²) in [7, 11) is 0. The second kappa shape index (κ2) is 6.02. The lowest BCUT2D eigenvalue weighted by Crippen LogP contribution is -2.37. The number of nitrogens with one attached hydrogen (secondary N) is 3. The Kier molecular flexibility index (Phi) is 4.37. The first-order valence-corrected chi connectivity index (χ1v) is 6.98. The second-order valence-electron chi connectivity index (χ2n) is 4.76. The summed E-state index contributed by atoms with van der Waals surface area (Å²) in [5.41, 5.74) is 3.12. The summed E-state index contributed by atoms with van der Waals surface area (Å²) in [5, 5.41) is 9.90. The third kappa shape index (κ3) is 3.44. The number of anilines is 1. The second-order valence-corrected chi connectivity index (χ2v) is 5.17. The molecule has 0 saturated heterocycles. The fourth-order valence-corrected chi connectivity index (χ4v) is 2.37. The lowest BCUT2D eigenvalue weighted by Gasteiger charge is -2.17. The molecular formula is C14H19N3OS. The fourth-order valence-electron chi connectivity index (χ4n) is 2.09. The summed E-state index contributed by atoms with van der Waals surface area (Å²) in [5.74, 6) is 0.0629. The molecule has 0 bridgehead atoms. The highest BCUT2D eigenvalue weighted by molar-refractivity contribution is 7.80. The van der Waals surface area contributed by atoms with Crippen LogP contribution in [0.1, 0.15) is 37.4 Å². The topological polar surface area (TPSA) is 53.2 Å². The van der Waals surface area contributed by atoms with Gasteiger partial charge in [0.15, 0.2) is 5.11 Å². The fraction of sp³-hybridized carbons (Fsp3) is 0.429. The zero-order valence-corrected chi connectivity index (χ0v) is 12.1. The van der Waals surface area contributed by atoms with Crippen molar-refractivity contribution in [3.63, 3.8) is 0 Å². The highest BCUT2D eigenvalue weighted by Crippen LogP contribution is 2.26. The van der Waals surface area contributed by atoms with Crippen LogP contribution in [0, 0.1) is 0 Å². The zero-order valence-electron chi connectivity index (χ0n) is 11.2. The summed E-state index contributed by atoms with van der Waals surface area (Å²) in [6.07, 6.45) is 1.51. The number of hydrogen-bond acceptors (Lipinski definition) is 2. The monoisotopic (exact) mass is 277 g/mol. The molecule has 1 aliphatic heterocycles. The Hall–Kier alpha value is -1.62. The molecule has 0 fully saturated rings. The first-order chi connectivity index (χ1) is 9.10. The maximum Gasteiger partial charge on any atom is 0.228 e. The summed E-state index contributed by atoms with van der Waals surface area (Å²) in [6, 6.07) is 6.16. The molecule has 5 heteroatoms. The molecule has 1 aliphatic rings. The normalized spacial score (nSPS) is 14.5. The molecule has 1 heterocycles. The minimum atomic E-state index is 0.0629. The van der Waals surface area contributed by atoms with E-state index in [1.54, 1.807) is 0 Å². The van der Waals surface area contributed by atoms with Gasteiger partial charge < -0.3 is 16.0 Å². The number of carbonyl (C=O) groups is 1. The van der Waals surface area contributed by atoms with Gasteiger partial charge in [0, 0.05) is 12.2 Å². The van der Waals surface area contributed by atoms with Crippen LogP contribution in [0.15, 0.2) is 18.2 Å².